The quantitative estimate of drug-likeness (QED) is 0.414. The van der Waals surface area contributed by atoms with E-state index in [2.05, 4.69) is 26.2 Å². The zero-order valence-electron chi connectivity index (χ0n) is 17.3. The van der Waals surface area contributed by atoms with Crippen molar-refractivity contribution in [1.82, 2.24) is 14.9 Å². The maximum Gasteiger partial charge on any atom is 0.240 e. The van der Waals surface area contributed by atoms with Crippen molar-refractivity contribution in [3.05, 3.63) is 110 Å². The number of aryl methyl sites for hydroxylation is 1. The molecule has 0 spiro atoms. The number of nitrogens with zero attached hydrogens (tertiary/aromatic N) is 2. The number of carbonyl (C=O) groups excluding carboxylic acids is 2. The normalized spacial score (nSPS) is 10.8. The number of ketones is 1. The Hall–Kier alpha value is -3.58. The van der Waals surface area contributed by atoms with Crippen LogP contribution in [0.2, 0.25) is 0 Å². The second-order valence-electron chi connectivity index (χ2n) is 7.49. The molecule has 1 amide bonds. The largest absolute Gasteiger partial charge is 0.350 e. The Bertz CT molecular complexity index is 1360. The lowest BCUT2D eigenvalue weighted by Gasteiger charge is -2.14. The van der Waals surface area contributed by atoms with Crippen molar-refractivity contribution in [3.8, 4) is 0 Å². The van der Waals surface area contributed by atoms with Gasteiger partial charge in [-0.15, -0.1) is 0 Å². The summed E-state index contributed by atoms with van der Waals surface area (Å²) in [5.41, 5.74) is 2.72. The molecule has 0 bridgehead atoms. The Morgan fingerprint density at radius 2 is 1.75 bits per heavy atom. The first kappa shape index (κ1) is 21.6. The van der Waals surface area contributed by atoms with Crippen LogP contribution in [0.15, 0.2) is 82.5 Å². The van der Waals surface area contributed by atoms with Crippen LogP contribution in [0, 0.1) is 6.92 Å². The van der Waals surface area contributed by atoms with Crippen LogP contribution in [0.25, 0.3) is 10.9 Å². The van der Waals surface area contributed by atoms with Gasteiger partial charge < -0.3 is 9.88 Å². The fourth-order valence-corrected chi connectivity index (χ4v) is 3.80. The molecule has 2 aromatic carbocycles. The highest BCUT2D eigenvalue weighted by molar-refractivity contribution is 9.10. The third kappa shape index (κ3) is 4.68. The summed E-state index contributed by atoms with van der Waals surface area (Å²) in [5, 5.41) is 3.26. The minimum absolute atomic E-state index is 0.00753. The Balaban J connectivity index is 1.67. The molecule has 2 heterocycles. The van der Waals surface area contributed by atoms with Gasteiger partial charge in [0.2, 0.25) is 11.3 Å². The van der Waals surface area contributed by atoms with Gasteiger partial charge in [-0.25, -0.2) is 0 Å². The Morgan fingerprint density at radius 3 is 2.47 bits per heavy atom. The zero-order chi connectivity index (χ0) is 22.7. The lowest BCUT2D eigenvalue weighted by molar-refractivity contribution is -0.121. The van der Waals surface area contributed by atoms with Gasteiger partial charge in [0.25, 0.3) is 0 Å². The van der Waals surface area contributed by atoms with E-state index in [9.17, 15) is 14.4 Å². The smallest absolute Gasteiger partial charge is 0.240 e. The molecule has 0 radical (unpaired) electrons. The molecule has 6 nitrogen and oxygen atoms in total. The molecule has 1 N–H and O–H groups in total. The van der Waals surface area contributed by atoms with Gasteiger partial charge in [-0.05, 0) is 42.8 Å². The van der Waals surface area contributed by atoms with Crippen LogP contribution >= 0.6 is 15.9 Å². The summed E-state index contributed by atoms with van der Waals surface area (Å²) in [6.07, 6.45) is 4.47. The molecule has 4 rings (SSSR count). The van der Waals surface area contributed by atoms with Crippen LogP contribution in [-0.4, -0.2) is 21.2 Å². The topological polar surface area (TPSA) is 81.1 Å². The number of benzene rings is 2. The maximum atomic E-state index is 13.1. The summed E-state index contributed by atoms with van der Waals surface area (Å²) in [6.45, 7) is 2.37. The third-order valence-corrected chi connectivity index (χ3v) is 5.65. The number of carbonyl (C=O) groups is 2. The van der Waals surface area contributed by atoms with Gasteiger partial charge in [0.15, 0.2) is 5.78 Å². The number of hydrogen-bond acceptors (Lipinski definition) is 4. The molecule has 0 aliphatic carbocycles. The van der Waals surface area contributed by atoms with Crippen LogP contribution in [0.3, 0.4) is 0 Å². The van der Waals surface area contributed by atoms with Crippen LogP contribution < -0.4 is 10.7 Å². The molecule has 0 fully saturated rings. The second-order valence-corrected chi connectivity index (χ2v) is 8.40. The Kier molecular flexibility index (Phi) is 6.28. The predicted molar refractivity (Wildman–Crippen MR) is 127 cm³/mol. The van der Waals surface area contributed by atoms with Gasteiger partial charge in [-0.1, -0.05) is 45.8 Å². The SMILES string of the molecule is Cc1ccc(CNC(=O)Cn2cc(C(=O)c3ccncc3)c(=O)c3cc(Br)ccc32)cc1. The molecule has 0 saturated carbocycles. The van der Waals surface area contributed by atoms with Crippen molar-refractivity contribution in [2.75, 3.05) is 0 Å². The number of halogens is 1. The Labute approximate surface area is 193 Å². The predicted octanol–water partition coefficient (Wildman–Crippen LogP) is 4.01. The molecule has 7 heteroatoms. The highest BCUT2D eigenvalue weighted by atomic mass is 79.9. The summed E-state index contributed by atoms with van der Waals surface area (Å²) in [7, 11) is 0. The summed E-state index contributed by atoms with van der Waals surface area (Å²) in [5.74, 6) is -0.631. The van der Waals surface area contributed by atoms with Crippen molar-refractivity contribution < 1.29 is 9.59 Å². The average molecular weight is 490 g/mol. The van der Waals surface area contributed by atoms with Crippen molar-refractivity contribution in [1.29, 1.82) is 0 Å². The minimum Gasteiger partial charge on any atom is -0.350 e. The number of nitrogens with one attached hydrogen (secondary N) is 1. The van der Waals surface area contributed by atoms with Crippen LogP contribution in [0.1, 0.15) is 27.0 Å². The van der Waals surface area contributed by atoms with E-state index < -0.39 is 5.78 Å². The maximum absolute atomic E-state index is 13.1. The third-order valence-electron chi connectivity index (χ3n) is 5.15. The van der Waals surface area contributed by atoms with E-state index in [0.717, 1.165) is 11.1 Å². The molecular weight excluding hydrogens is 470 g/mol. The monoisotopic (exact) mass is 489 g/mol. The molecule has 32 heavy (non-hydrogen) atoms. The first-order chi connectivity index (χ1) is 15.4. The van der Waals surface area contributed by atoms with Crippen molar-refractivity contribution in [2.24, 2.45) is 0 Å². The number of aromatic nitrogens is 2. The van der Waals surface area contributed by atoms with E-state index in [0.29, 0.717) is 27.5 Å². The van der Waals surface area contributed by atoms with Gasteiger partial charge in [0.05, 0.1) is 11.1 Å². The van der Waals surface area contributed by atoms with Crippen LogP contribution in [0.5, 0.6) is 0 Å². The molecule has 2 aromatic heterocycles. The van der Waals surface area contributed by atoms with E-state index in [-0.39, 0.29) is 23.4 Å². The first-order valence-electron chi connectivity index (χ1n) is 10.0. The summed E-state index contributed by atoms with van der Waals surface area (Å²) >= 11 is 3.38. The van der Waals surface area contributed by atoms with Gasteiger partial charge >= 0.3 is 0 Å². The molecule has 0 unspecified atom stereocenters. The van der Waals surface area contributed by atoms with E-state index in [1.807, 2.05) is 31.2 Å². The fourth-order valence-electron chi connectivity index (χ4n) is 3.44. The Morgan fingerprint density at radius 1 is 1.03 bits per heavy atom. The molecule has 160 valence electrons. The molecule has 0 aliphatic rings. The van der Waals surface area contributed by atoms with E-state index in [4.69, 9.17) is 0 Å². The van der Waals surface area contributed by atoms with Crippen LogP contribution in [-0.2, 0) is 17.9 Å². The van der Waals surface area contributed by atoms with Crippen molar-refractivity contribution in [3.63, 3.8) is 0 Å². The van der Waals surface area contributed by atoms with E-state index in [1.54, 1.807) is 34.9 Å². The van der Waals surface area contributed by atoms with Gasteiger partial charge in [-0.3, -0.25) is 19.4 Å². The summed E-state index contributed by atoms with van der Waals surface area (Å²) in [4.78, 5) is 42.7. The van der Waals surface area contributed by atoms with Gasteiger partial charge in [0.1, 0.15) is 6.54 Å². The second kappa shape index (κ2) is 9.28. The number of pyridine rings is 2. The van der Waals surface area contributed by atoms with Crippen molar-refractivity contribution >= 4 is 38.5 Å². The molecule has 0 atom stereocenters. The molecule has 4 aromatic rings. The summed E-state index contributed by atoms with van der Waals surface area (Å²) in [6, 6.07) is 16.3. The van der Waals surface area contributed by atoms with Gasteiger partial charge in [0, 0.05) is 40.6 Å². The molecule has 0 aliphatic heterocycles. The number of hydrogen-bond donors (Lipinski definition) is 1. The van der Waals surface area contributed by atoms with Crippen molar-refractivity contribution in [2.45, 2.75) is 20.0 Å². The minimum atomic E-state index is -0.409. The van der Waals surface area contributed by atoms with Crippen LogP contribution in [0.4, 0.5) is 0 Å². The van der Waals surface area contributed by atoms with Gasteiger partial charge in [-0.2, -0.15) is 0 Å². The highest BCUT2D eigenvalue weighted by Crippen LogP contribution is 2.19. The number of fused-ring (bicyclic) bond motifs is 1. The molecule has 0 saturated heterocycles. The molecular formula is C25H20BrN3O3. The van der Waals surface area contributed by atoms with E-state index >= 15 is 0 Å². The average Bonchev–Trinajstić information content (AvgIpc) is 2.80. The summed E-state index contributed by atoms with van der Waals surface area (Å²) < 4.78 is 2.35. The highest BCUT2D eigenvalue weighted by Gasteiger charge is 2.18. The number of amides is 1. The zero-order valence-corrected chi connectivity index (χ0v) is 18.9. The lowest BCUT2D eigenvalue weighted by atomic mass is 10.0. The standard InChI is InChI=1S/C25H20BrN3O3/c1-16-2-4-17(5-3-16)13-28-23(30)15-29-14-21(24(31)18-8-10-27-11-9-18)25(32)20-12-19(26)6-7-22(20)29/h2-12,14H,13,15H2,1H3,(H,28,30). The lowest BCUT2D eigenvalue weighted by Crippen LogP contribution is -2.29. The van der Waals surface area contributed by atoms with E-state index in [1.165, 1.54) is 18.6 Å². The number of rotatable bonds is 6. The fraction of sp³-hybridized carbons (Fsp3) is 0.120. The first-order valence-corrected chi connectivity index (χ1v) is 10.8.